The van der Waals surface area contributed by atoms with Crippen molar-refractivity contribution in [2.75, 3.05) is 6.54 Å². The first-order valence-corrected chi connectivity index (χ1v) is 2.88. The summed E-state index contributed by atoms with van der Waals surface area (Å²) in [6.07, 6.45) is 2.66. The molecule has 9 heavy (non-hydrogen) atoms. The number of aldehydes is 1. The Kier molecular flexibility index (Phi) is 3.45. The third kappa shape index (κ3) is 2.13. The zero-order chi connectivity index (χ0) is 7.28. The van der Waals surface area contributed by atoms with Crippen molar-refractivity contribution in [2.24, 2.45) is 0 Å². The molecule has 0 rings (SSSR count). The Morgan fingerprint density at radius 1 is 1.89 bits per heavy atom. The molecule has 0 aromatic heterocycles. The molecule has 0 saturated heterocycles. The number of rotatable bonds is 3. The molecule has 1 unspecified atom stereocenters. The largest absolute Gasteiger partial charge is 0.301 e. The number of carbonyl (C=O) groups is 1. The van der Waals surface area contributed by atoms with E-state index in [1.165, 1.54) is 4.90 Å². The summed E-state index contributed by atoms with van der Waals surface area (Å²) in [5, 5.41) is 8.34. The van der Waals surface area contributed by atoms with Crippen LogP contribution in [-0.2, 0) is 4.79 Å². The summed E-state index contributed by atoms with van der Waals surface area (Å²) in [5.41, 5.74) is 0. The average molecular weight is 126 g/mol. The summed E-state index contributed by atoms with van der Waals surface area (Å²) in [6, 6.07) is -0.278. The minimum Gasteiger partial charge on any atom is -0.301 e. The molecule has 0 aliphatic rings. The molecular formula is C6H10N2O. The molecule has 0 radical (unpaired) electrons. The third-order valence-corrected chi connectivity index (χ3v) is 1.16. The van der Waals surface area contributed by atoms with Crippen LogP contribution < -0.4 is 0 Å². The zero-order valence-corrected chi connectivity index (χ0v) is 5.66. The zero-order valence-electron chi connectivity index (χ0n) is 5.66. The van der Waals surface area contributed by atoms with Crippen molar-refractivity contribution in [3.05, 3.63) is 0 Å². The van der Waals surface area contributed by atoms with E-state index in [1.54, 1.807) is 6.92 Å². The molecule has 3 heteroatoms. The Balaban J connectivity index is 3.82. The molecule has 0 spiro atoms. The van der Waals surface area contributed by atoms with E-state index in [9.17, 15) is 4.79 Å². The Labute approximate surface area is 54.9 Å². The molecule has 50 valence electrons. The van der Waals surface area contributed by atoms with Gasteiger partial charge in [-0.05, 0) is 13.8 Å². The van der Waals surface area contributed by atoms with Crippen LogP contribution in [0, 0.1) is 11.5 Å². The lowest BCUT2D eigenvalue weighted by Gasteiger charge is -2.14. The van der Waals surface area contributed by atoms with Crippen molar-refractivity contribution in [3.63, 3.8) is 0 Å². The number of hydrogen-bond acceptors (Lipinski definition) is 3. The molecule has 1 atom stereocenters. The van der Waals surface area contributed by atoms with Gasteiger partial charge >= 0.3 is 0 Å². The maximum atomic E-state index is 10.1. The van der Waals surface area contributed by atoms with E-state index in [2.05, 4.69) is 0 Å². The second-order valence-electron chi connectivity index (χ2n) is 1.76. The van der Waals surface area contributed by atoms with Crippen LogP contribution in [0.15, 0.2) is 0 Å². The van der Waals surface area contributed by atoms with Crippen molar-refractivity contribution in [3.8, 4) is 6.19 Å². The summed E-state index contributed by atoms with van der Waals surface area (Å²) >= 11 is 0. The summed E-state index contributed by atoms with van der Waals surface area (Å²) in [6.45, 7) is 4.12. The monoisotopic (exact) mass is 126 g/mol. The van der Waals surface area contributed by atoms with Crippen molar-refractivity contribution in [2.45, 2.75) is 19.9 Å². The van der Waals surface area contributed by atoms with Crippen molar-refractivity contribution < 1.29 is 4.79 Å². The highest BCUT2D eigenvalue weighted by molar-refractivity contribution is 5.57. The number of likely N-dealkylation sites (N-methyl/N-ethyl adjacent to an activating group) is 1. The van der Waals surface area contributed by atoms with Gasteiger partial charge in [0.2, 0.25) is 0 Å². The molecule has 0 fully saturated rings. The lowest BCUT2D eigenvalue weighted by Crippen LogP contribution is -2.29. The van der Waals surface area contributed by atoms with Crippen LogP contribution >= 0.6 is 0 Å². The highest BCUT2D eigenvalue weighted by atomic mass is 16.1. The van der Waals surface area contributed by atoms with E-state index >= 15 is 0 Å². The van der Waals surface area contributed by atoms with E-state index in [1.807, 2.05) is 13.1 Å². The molecule has 0 aliphatic heterocycles. The molecule has 0 saturated carbocycles. The normalized spacial score (nSPS) is 11.7. The molecule has 0 N–H and O–H groups in total. The van der Waals surface area contributed by atoms with Gasteiger partial charge in [-0.2, -0.15) is 5.26 Å². The maximum Gasteiger partial charge on any atom is 0.179 e. The van der Waals surface area contributed by atoms with Crippen molar-refractivity contribution in [1.82, 2.24) is 4.90 Å². The van der Waals surface area contributed by atoms with Gasteiger partial charge in [0, 0.05) is 6.54 Å². The van der Waals surface area contributed by atoms with Gasteiger partial charge in [0.25, 0.3) is 0 Å². The van der Waals surface area contributed by atoms with Gasteiger partial charge in [0.05, 0.1) is 6.04 Å². The van der Waals surface area contributed by atoms with Gasteiger partial charge in [-0.15, -0.1) is 0 Å². The van der Waals surface area contributed by atoms with Gasteiger partial charge < -0.3 is 9.69 Å². The van der Waals surface area contributed by atoms with Gasteiger partial charge in [0.1, 0.15) is 6.29 Å². The first kappa shape index (κ1) is 7.96. The van der Waals surface area contributed by atoms with E-state index in [0.29, 0.717) is 6.54 Å². The van der Waals surface area contributed by atoms with E-state index in [4.69, 9.17) is 5.26 Å². The molecule has 0 bridgehead atoms. The number of nitriles is 1. The van der Waals surface area contributed by atoms with Crippen molar-refractivity contribution in [1.29, 1.82) is 5.26 Å². The Morgan fingerprint density at radius 2 is 2.44 bits per heavy atom. The van der Waals surface area contributed by atoms with Crippen LogP contribution in [0.2, 0.25) is 0 Å². The Bertz CT molecular complexity index is 128. The van der Waals surface area contributed by atoms with Gasteiger partial charge in [0.15, 0.2) is 6.19 Å². The lowest BCUT2D eigenvalue weighted by molar-refractivity contribution is -0.110. The topological polar surface area (TPSA) is 44.1 Å². The van der Waals surface area contributed by atoms with Crippen LogP contribution in [0.25, 0.3) is 0 Å². The van der Waals surface area contributed by atoms with Crippen LogP contribution in [0.4, 0.5) is 0 Å². The first-order valence-electron chi connectivity index (χ1n) is 2.88. The molecule has 0 amide bonds. The summed E-state index contributed by atoms with van der Waals surface area (Å²) in [7, 11) is 0. The quantitative estimate of drug-likeness (QED) is 0.312. The highest BCUT2D eigenvalue weighted by Gasteiger charge is 2.05. The standard InChI is InChI=1S/C6H10N2O/c1-3-8(5-7)6(2)4-9/h4,6H,3H2,1-2H3. The van der Waals surface area contributed by atoms with Crippen molar-refractivity contribution >= 4 is 6.29 Å². The second-order valence-corrected chi connectivity index (χ2v) is 1.76. The number of nitrogens with zero attached hydrogens (tertiary/aromatic N) is 2. The fourth-order valence-electron chi connectivity index (χ4n) is 0.523. The molecule has 0 heterocycles. The second kappa shape index (κ2) is 3.90. The van der Waals surface area contributed by atoms with Crippen LogP contribution in [0.3, 0.4) is 0 Å². The Morgan fingerprint density at radius 3 is 2.56 bits per heavy atom. The summed E-state index contributed by atoms with van der Waals surface area (Å²) < 4.78 is 0. The Hall–Kier alpha value is -1.04. The molecule has 0 aromatic carbocycles. The van der Waals surface area contributed by atoms with Crippen LogP contribution in [-0.4, -0.2) is 23.8 Å². The fourth-order valence-corrected chi connectivity index (χ4v) is 0.523. The third-order valence-electron chi connectivity index (χ3n) is 1.16. The van der Waals surface area contributed by atoms with Crippen LogP contribution in [0.1, 0.15) is 13.8 Å². The smallest absolute Gasteiger partial charge is 0.179 e. The molecular weight excluding hydrogens is 116 g/mol. The van der Waals surface area contributed by atoms with Gasteiger partial charge in [-0.3, -0.25) is 0 Å². The number of hydrogen-bond donors (Lipinski definition) is 0. The summed E-state index contributed by atoms with van der Waals surface area (Å²) in [5.74, 6) is 0. The van der Waals surface area contributed by atoms with Crippen LogP contribution in [0.5, 0.6) is 0 Å². The van der Waals surface area contributed by atoms with E-state index in [0.717, 1.165) is 6.29 Å². The first-order chi connectivity index (χ1) is 4.26. The fraction of sp³-hybridized carbons (Fsp3) is 0.667. The minimum absolute atomic E-state index is 0.278. The van der Waals surface area contributed by atoms with Gasteiger partial charge in [-0.1, -0.05) is 0 Å². The predicted molar refractivity (Wildman–Crippen MR) is 33.5 cm³/mol. The molecule has 0 aliphatic carbocycles. The molecule has 3 nitrogen and oxygen atoms in total. The van der Waals surface area contributed by atoms with Gasteiger partial charge in [-0.25, -0.2) is 0 Å². The minimum atomic E-state index is -0.278. The lowest BCUT2D eigenvalue weighted by atomic mass is 10.3. The summed E-state index contributed by atoms with van der Waals surface area (Å²) in [4.78, 5) is 11.5. The van der Waals surface area contributed by atoms with E-state index < -0.39 is 0 Å². The highest BCUT2D eigenvalue weighted by Crippen LogP contribution is 1.90. The predicted octanol–water partition coefficient (Wildman–Crippen LogP) is 0.377. The molecule has 0 aromatic rings. The SMILES string of the molecule is CCN(C#N)C(C)C=O. The average Bonchev–Trinajstić information content (AvgIpc) is 1.90. The van der Waals surface area contributed by atoms with E-state index in [-0.39, 0.29) is 6.04 Å². The maximum absolute atomic E-state index is 10.1. The number of carbonyl (C=O) groups excluding carboxylic acids is 1.